The van der Waals surface area contributed by atoms with Crippen molar-refractivity contribution in [3.63, 3.8) is 0 Å². The number of aromatic carboxylic acids is 1. The molecule has 0 saturated heterocycles. The molecule has 112 valence electrons. The fraction of sp³-hybridized carbons (Fsp3) is 0.353. The lowest BCUT2D eigenvalue weighted by Crippen LogP contribution is -2.17. The summed E-state index contributed by atoms with van der Waals surface area (Å²) in [5.74, 6) is -2.08. The first-order valence-electron chi connectivity index (χ1n) is 6.93. The molecule has 1 aliphatic carbocycles. The Kier molecular flexibility index (Phi) is 4.07. The third-order valence-corrected chi connectivity index (χ3v) is 4.14. The van der Waals surface area contributed by atoms with Gasteiger partial charge >= 0.3 is 5.97 Å². The predicted octanol–water partition coefficient (Wildman–Crippen LogP) is 3.81. The number of carboxylic acid groups (broad SMARTS) is 1. The van der Waals surface area contributed by atoms with Gasteiger partial charge in [0.05, 0.1) is 0 Å². The van der Waals surface area contributed by atoms with E-state index in [9.17, 15) is 15.0 Å². The van der Waals surface area contributed by atoms with Crippen molar-refractivity contribution < 1.29 is 20.1 Å². The molecule has 0 saturated carbocycles. The first-order chi connectivity index (χ1) is 9.82. The lowest BCUT2D eigenvalue weighted by atomic mass is 9.74. The topological polar surface area (TPSA) is 77.8 Å². The minimum absolute atomic E-state index is 0.116. The number of carboxylic acids is 1. The van der Waals surface area contributed by atoms with E-state index in [4.69, 9.17) is 5.11 Å². The van der Waals surface area contributed by atoms with Crippen molar-refractivity contribution in [2.45, 2.75) is 32.6 Å². The molecule has 0 amide bonds. The average molecular weight is 288 g/mol. The van der Waals surface area contributed by atoms with Gasteiger partial charge < -0.3 is 15.3 Å². The van der Waals surface area contributed by atoms with Crippen LogP contribution in [-0.2, 0) is 0 Å². The molecule has 2 rings (SSSR count). The van der Waals surface area contributed by atoms with Gasteiger partial charge in [-0.15, -0.1) is 0 Å². The first-order valence-corrected chi connectivity index (χ1v) is 6.93. The molecule has 0 bridgehead atoms. The molecular formula is C17H20O4. The van der Waals surface area contributed by atoms with E-state index in [1.54, 1.807) is 6.07 Å². The summed E-state index contributed by atoms with van der Waals surface area (Å²) in [6.45, 7) is 7.98. The van der Waals surface area contributed by atoms with Crippen molar-refractivity contribution in [1.82, 2.24) is 0 Å². The van der Waals surface area contributed by atoms with Gasteiger partial charge in [-0.1, -0.05) is 29.9 Å². The van der Waals surface area contributed by atoms with Crippen molar-refractivity contribution >= 4 is 5.97 Å². The molecule has 4 nitrogen and oxygen atoms in total. The maximum Gasteiger partial charge on any atom is 0.343 e. The van der Waals surface area contributed by atoms with Crippen molar-refractivity contribution in [2.24, 2.45) is 5.92 Å². The van der Waals surface area contributed by atoms with Crippen LogP contribution in [0, 0.1) is 5.92 Å². The zero-order valence-corrected chi connectivity index (χ0v) is 12.3. The van der Waals surface area contributed by atoms with Crippen LogP contribution >= 0.6 is 0 Å². The standard InChI is InChI=1S/C17H20O4/c1-9(2)11-5-4-10(3)8-13(11)12-6-7-14(18)15(16(12)19)17(20)21/h6-8,11,13,18-19H,1,4-5H2,2-3H3,(H,20,21)/t11-,13+/m0/s1. The molecule has 0 aromatic heterocycles. The third-order valence-electron chi connectivity index (χ3n) is 4.14. The Morgan fingerprint density at radius 2 is 2.00 bits per heavy atom. The smallest absolute Gasteiger partial charge is 0.343 e. The van der Waals surface area contributed by atoms with E-state index in [-0.39, 0.29) is 17.6 Å². The Bertz CT molecular complexity index is 628. The van der Waals surface area contributed by atoms with Crippen LogP contribution in [0.2, 0.25) is 0 Å². The van der Waals surface area contributed by atoms with Crippen molar-refractivity contribution in [1.29, 1.82) is 0 Å². The predicted molar refractivity (Wildman–Crippen MR) is 80.8 cm³/mol. The van der Waals surface area contributed by atoms with Gasteiger partial charge in [-0.25, -0.2) is 4.79 Å². The minimum Gasteiger partial charge on any atom is -0.507 e. The number of hydrogen-bond donors (Lipinski definition) is 3. The fourth-order valence-corrected chi connectivity index (χ4v) is 3.00. The lowest BCUT2D eigenvalue weighted by Gasteiger charge is -2.31. The van der Waals surface area contributed by atoms with E-state index in [2.05, 4.69) is 12.7 Å². The van der Waals surface area contributed by atoms with Crippen LogP contribution in [0.25, 0.3) is 0 Å². The first kappa shape index (κ1) is 15.2. The van der Waals surface area contributed by atoms with Crippen LogP contribution in [0.15, 0.2) is 35.9 Å². The highest BCUT2D eigenvalue weighted by atomic mass is 16.4. The molecule has 0 heterocycles. The molecule has 0 radical (unpaired) electrons. The Hall–Kier alpha value is -2.23. The van der Waals surface area contributed by atoms with E-state index in [0.717, 1.165) is 18.4 Å². The van der Waals surface area contributed by atoms with Crippen molar-refractivity contribution in [3.05, 3.63) is 47.1 Å². The molecule has 21 heavy (non-hydrogen) atoms. The van der Waals surface area contributed by atoms with Crippen LogP contribution < -0.4 is 0 Å². The largest absolute Gasteiger partial charge is 0.507 e. The van der Waals surface area contributed by atoms with E-state index in [1.807, 2.05) is 13.8 Å². The highest BCUT2D eigenvalue weighted by Crippen LogP contribution is 2.44. The summed E-state index contributed by atoms with van der Waals surface area (Å²) in [5.41, 5.74) is 2.30. The summed E-state index contributed by atoms with van der Waals surface area (Å²) in [6, 6.07) is 2.92. The molecule has 0 fully saturated rings. The summed E-state index contributed by atoms with van der Waals surface area (Å²) in [5, 5.41) is 29.1. The molecule has 4 heteroatoms. The second kappa shape index (κ2) is 5.64. The van der Waals surface area contributed by atoms with E-state index >= 15 is 0 Å². The maximum absolute atomic E-state index is 11.2. The number of hydrogen-bond acceptors (Lipinski definition) is 3. The van der Waals surface area contributed by atoms with E-state index in [1.165, 1.54) is 11.6 Å². The SMILES string of the molecule is C=C(C)[C@@H]1CCC(C)=C[C@H]1c1ccc(O)c(C(=O)O)c1O. The minimum atomic E-state index is -1.34. The quantitative estimate of drug-likeness (QED) is 0.739. The van der Waals surface area contributed by atoms with Crippen LogP contribution in [-0.4, -0.2) is 21.3 Å². The molecule has 0 spiro atoms. The van der Waals surface area contributed by atoms with Crippen molar-refractivity contribution in [2.75, 3.05) is 0 Å². The number of carbonyl (C=O) groups is 1. The summed E-state index contributed by atoms with van der Waals surface area (Å²) >= 11 is 0. The molecule has 3 N–H and O–H groups in total. The Morgan fingerprint density at radius 3 is 2.57 bits per heavy atom. The molecule has 1 aromatic rings. The van der Waals surface area contributed by atoms with Crippen LogP contribution in [0.3, 0.4) is 0 Å². The second-order valence-electron chi connectivity index (χ2n) is 5.73. The normalized spacial score (nSPS) is 21.7. The molecule has 1 aliphatic rings. The number of allylic oxidation sites excluding steroid dienone is 3. The molecule has 2 atom stereocenters. The zero-order chi connectivity index (χ0) is 15.7. The number of rotatable bonds is 3. The van der Waals surface area contributed by atoms with Gasteiger partial charge in [0.15, 0.2) is 0 Å². The molecule has 0 unspecified atom stereocenters. The van der Waals surface area contributed by atoms with E-state index < -0.39 is 17.3 Å². The van der Waals surface area contributed by atoms with Crippen LogP contribution in [0.1, 0.15) is 48.5 Å². The van der Waals surface area contributed by atoms with Gasteiger partial charge in [-0.05, 0) is 38.7 Å². The van der Waals surface area contributed by atoms with Gasteiger partial charge in [0.2, 0.25) is 0 Å². The third kappa shape index (κ3) is 2.79. The highest BCUT2D eigenvalue weighted by molar-refractivity contribution is 5.94. The van der Waals surface area contributed by atoms with Gasteiger partial charge in [-0.2, -0.15) is 0 Å². The van der Waals surface area contributed by atoms with E-state index in [0.29, 0.717) is 5.56 Å². The number of benzene rings is 1. The van der Waals surface area contributed by atoms with Gasteiger partial charge in [0.25, 0.3) is 0 Å². The van der Waals surface area contributed by atoms with Crippen LogP contribution in [0.4, 0.5) is 0 Å². The maximum atomic E-state index is 11.2. The zero-order valence-electron chi connectivity index (χ0n) is 12.3. The summed E-state index contributed by atoms with van der Waals surface area (Å²) in [4.78, 5) is 11.2. The average Bonchev–Trinajstić information content (AvgIpc) is 2.37. The lowest BCUT2D eigenvalue weighted by molar-refractivity contribution is 0.0690. The fourth-order valence-electron chi connectivity index (χ4n) is 3.00. The summed E-state index contributed by atoms with van der Waals surface area (Å²) in [7, 11) is 0. The number of phenols is 2. The van der Waals surface area contributed by atoms with Gasteiger partial charge in [0, 0.05) is 11.5 Å². The summed E-state index contributed by atoms with van der Waals surface area (Å²) < 4.78 is 0. The molecular weight excluding hydrogens is 268 g/mol. The Morgan fingerprint density at radius 1 is 1.33 bits per heavy atom. The Labute approximate surface area is 124 Å². The van der Waals surface area contributed by atoms with Gasteiger partial charge in [0.1, 0.15) is 17.1 Å². The van der Waals surface area contributed by atoms with Crippen molar-refractivity contribution in [3.8, 4) is 11.5 Å². The van der Waals surface area contributed by atoms with Crippen LogP contribution in [0.5, 0.6) is 11.5 Å². The highest BCUT2D eigenvalue weighted by Gasteiger charge is 2.30. The molecule has 0 aliphatic heterocycles. The number of aromatic hydroxyl groups is 2. The molecule has 1 aromatic carbocycles. The monoisotopic (exact) mass is 288 g/mol. The van der Waals surface area contributed by atoms with Gasteiger partial charge in [-0.3, -0.25) is 0 Å². The Balaban J connectivity index is 2.59. The summed E-state index contributed by atoms with van der Waals surface area (Å²) in [6.07, 6.45) is 3.95. The second-order valence-corrected chi connectivity index (χ2v) is 5.73.